The van der Waals surface area contributed by atoms with Gasteiger partial charge in [0, 0.05) is 5.56 Å². The van der Waals surface area contributed by atoms with Crippen LogP contribution in [0.3, 0.4) is 0 Å². The first-order chi connectivity index (χ1) is 9.61. The molecule has 0 amide bonds. The summed E-state index contributed by atoms with van der Waals surface area (Å²) in [5.74, 6) is 0.405. The minimum atomic E-state index is -0.568. The number of hydrogen-bond donors (Lipinski definition) is 0. The van der Waals surface area contributed by atoms with Gasteiger partial charge in [0.25, 0.3) is 0 Å². The molecule has 0 saturated heterocycles. The van der Waals surface area contributed by atoms with Crippen molar-refractivity contribution in [3.8, 4) is 5.75 Å². The molecule has 0 fully saturated rings. The number of nitro groups is 1. The summed E-state index contributed by atoms with van der Waals surface area (Å²) in [5.41, 5.74) is 0.278. The van der Waals surface area contributed by atoms with Crippen LogP contribution < -0.4 is 4.74 Å². The normalized spacial score (nSPS) is 10.7. The zero-order valence-electron chi connectivity index (χ0n) is 10.6. The van der Waals surface area contributed by atoms with Gasteiger partial charge < -0.3 is 9.15 Å². The third kappa shape index (κ3) is 2.92. The van der Waals surface area contributed by atoms with Gasteiger partial charge in [0.15, 0.2) is 5.78 Å². The number of carbonyl (C=O) groups excluding carboxylic acids is 1. The van der Waals surface area contributed by atoms with E-state index >= 15 is 0 Å². The fourth-order valence-corrected chi connectivity index (χ4v) is 1.59. The molecule has 20 heavy (non-hydrogen) atoms. The van der Waals surface area contributed by atoms with E-state index in [1.165, 1.54) is 31.6 Å². The van der Waals surface area contributed by atoms with Crippen molar-refractivity contribution in [2.24, 2.45) is 0 Å². The number of methoxy groups -OCH3 is 1. The number of benzene rings is 1. The molecule has 0 atom stereocenters. The number of ketones is 1. The van der Waals surface area contributed by atoms with Crippen molar-refractivity contribution >= 4 is 17.5 Å². The number of carbonyl (C=O) groups is 1. The molecular weight excluding hydrogens is 262 g/mol. The lowest BCUT2D eigenvalue weighted by Crippen LogP contribution is -1.94. The van der Waals surface area contributed by atoms with E-state index in [0.717, 1.165) is 0 Å². The summed E-state index contributed by atoms with van der Waals surface area (Å²) in [6.07, 6.45) is 3.72. The molecule has 6 heteroatoms. The van der Waals surface area contributed by atoms with Crippen LogP contribution in [0.2, 0.25) is 0 Å². The maximum absolute atomic E-state index is 11.9. The van der Waals surface area contributed by atoms with Gasteiger partial charge in [0.1, 0.15) is 5.75 Å². The van der Waals surface area contributed by atoms with E-state index in [2.05, 4.69) is 0 Å². The number of ether oxygens (including phenoxy) is 1. The van der Waals surface area contributed by atoms with Crippen molar-refractivity contribution in [2.45, 2.75) is 0 Å². The molecule has 0 unspecified atom stereocenters. The Bertz CT molecular complexity index is 654. The first kappa shape index (κ1) is 13.5. The number of rotatable bonds is 5. The zero-order valence-corrected chi connectivity index (χ0v) is 10.6. The van der Waals surface area contributed by atoms with Gasteiger partial charge in [-0.2, -0.15) is 0 Å². The van der Waals surface area contributed by atoms with Crippen LogP contribution in [-0.2, 0) is 0 Å². The second-order valence-corrected chi connectivity index (χ2v) is 3.85. The Morgan fingerprint density at radius 2 is 2.00 bits per heavy atom. The standard InChI is InChI=1S/C14H11NO5/c1-19-11-4-2-10(3-5-11)13(16)6-7-14-12(15(17)18)8-9-20-14/h2-9H,1H3/b7-6+. The summed E-state index contributed by atoms with van der Waals surface area (Å²) in [4.78, 5) is 22.0. The molecule has 0 bridgehead atoms. The van der Waals surface area contributed by atoms with E-state index in [0.29, 0.717) is 11.3 Å². The molecule has 0 saturated carbocycles. The summed E-state index contributed by atoms with van der Waals surface area (Å²) in [6, 6.07) is 7.79. The molecular formula is C14H11NO5. The maximum atomic E-state index is 11.9. The highest BCUT2D eigenvalue weighted by atomic mass is 16.6. The molecule has 2 rings (SSSR count). The largest absolute Gasteiger partial charge is 0.497 e. The molecule has 0 spiro atoms. The van der Waals surface area contributed by atoms with E-state index in [4.69, 9.17) is 9.15 Å². The summed E-state index contributed by atoms with van der Waals surface area (Å²) in [7, 11) is 1.53. The van der Waals surface area contributed by atoms with Crippen molar-refractivity contribution in [1.82, 2.24) is 0 Å². The minimum absolute atomic E-state index is 0.0388. The third-order valence-electron chi connectivity index (χ3n) is 2.63. The van der Waals surface area contributed by atoms with Gasteiger partial charge in [-0.1, -0.05) is 0 Å². The van der Waals surface area contributed by atoms with Gasteiger partial charge in [-0.25, -0.2) is 0 Å². The van der Waals surface area contributed by atoms with Gasteiger partial charge >= 0.3 is 5.69 Å². The number of nitrogens with zero attached hydrogens (tertiary/aromatic N) is 1. The first-order valence-corrected chi connectivity index (χ1v) is 5.70. The van der Waals surface area contributed by atoms with Crippen LogP contribution in [0.15, 0.2) is 47.1 Å². The Hall–Kier alpha value is -2.89. The first-order valence-electron chi connectivity index (χ1n) is 5.70. The zero-order chi connectivity index (χ0) is 14.5. The highest BCUT2D eigenvalue weighted by molar-refractivity contribution is 6.06. The molecule has 1 aromatic carbocycles. The minimum Gasteiger partial charge on any atom is -0.497 e. The van der Waals surface area contributed by atoms with Gasteiger partial charge in [-0.3, -0.25) is 14.9 Å². The van der Waals surface area contributed by atoms with Crippen LogP contribution in [0.25, 0.3) is 6.08 Å². The quantitative estimate of drug-likeness (QED) is 0.362. The summed E-state index contributed by atoms with van der Waals surface area (Å²) in [6.45, 7) is 0. The van der Waals surface area contributed by atoms with Gasteiger partial charge in [-0.05, 0) is 36.4 Å². The van der Waals surface area contributed by atoms with Crippen LogP contribution in [-0.4, -0.2) is 17.8 Å². The summed E-state index contributed by atoms with van der Waals surface area (Å²) < 4.78 is 9.94. The highest BCUT2D eigenvalue weighted by Crippen LogP contribution is 2.21. The second-order valence-electron chi connectivity index (χ2n) is 3.85. The Morgan fingerprint density at radius 3 is 2.60 bits per heavy atom. The highest BCUT2D eigenvalue weighted by Gasteiger charge is 2.14. The van der Waals surface area contributed by atoms with E-state index in [-0.39, 0.29) is 17.2 Å². The van der Waals surface area contributed by atoms with E-state index in [9.17, 15) is 14.9 Å². The van der Waals surface area contributed by atoms with Crippen LogP contribution in [0.1, 0.15) is 16.1 Å². The topological polar surface area (TPSA) is 82.6 Å². The lowest BCUT2D eigenvalue weighted by molar-refractivity contribution is -0.385. The molecule has 0 aliphatic heterocycles. The van der Waals surface area contributed by atoms with Gasteiger partial charge in [-0.15, -0.1) is 0 Å². The smallest absolute Gasteiger partial charge is 0.314 e. The predicted octanol–water partition coefficient (Wildman–Crippen LogP) is 3.09. The molecule has 2 aromatic rings. The van der Waals surface area contributed by atoms with Crippen LogP contribution in [0.5, 0.6) is 5.75 Å². The van der Waals surface area contributed by atoms with Crippen molar-refractivity contribution < 1.29 is 18.9 Å². The molecule has 1 heterocycles. The van der Waals surface area contributed by atoms with Gasteiger partial charge in [0.2, 0.25) is 5.76 Å². The fourth-order valence-electron chi connectivity index (χ4n) is 1.59. The Morgan fingerprint density at radius 1 is 1.30 bits per heavy atom. The van der Waals surface area contributed by atoms with Crippen LogP contribution in [0.4, 0.5) is 5.69 Å². The maximum Gasteiger partial charge on any atom is 0.314 e. The molecule has 102 valence electrons. The number of furan rings is 1. The average molecular weight is 273 g/mol. The Kier molecular flexibility index (Phi) is 3.95. The monoisotopic (exact) mass is 273 g/mol. The molecule has 6 nitrogen and oxygen atoms in total. The van der Waals surface area contributed by atoms with E-state index < -0.39 is 4.92 Å². The fraction of sp³-hybridized carbons (Fsp3) is 0.0714. The molecule has 0 radical (unpaired) electrons. The second kappa shape index (κ2) is 5.83. The third-order valence-corrected chi connectivity index (χ3v) is 2.63. The van der Waals surface area contributed by atoms with E-state index in [1.54, 1.807) is 24.3 Å². The summed E-state index contributed by atoms with van der Waals surface area (Å²) >= 11 is 0. The van der Waals surface area contributed by atoms with Crippen LogP contribution >= 0.6 is 0 Å². The molecule has 1 aromatic heterocycles. The molecule has 0 aliphatic rings. The average Bonchev–Trinajstić information content (AvgIpc) is 2.93. The predicted molar refractivity (Wildman–Crippen MR) is 71.7 cm³/mol. The number of allylic oxidation sites excluding steroid dienone is 1. The van der Waals surface area contributed by atoms with E-state index in [1.807, 2.05) is 0 Å². The summed E-state index contributed by atoms with van der Waals surface area (Å²) in [5, 5.41) is 10.7. The van der Waals surface area contributed by atoms with Crippen LogP contribution in [0, 0.1) is 10.1 Å². The van der Waals surface area contributed by atoms with Gasteiger partial charge in [0.05, 0.1) is 24.4 Å². The van der Waals surface area contributed by atoms with Crippen molar-refractivity contribution in [1.29, 1.82) is 0 Å². The van der Waals surface area contributed by atoms with Crippen molar-refractivity contribution in [3.63, 3.8) is 0 Å². The SMILES string of the molecule is COc1ccc(C(=O)/C=C/c2occc2[N+](=O)[O-])cc1. The number of hydrogen-bond acceptors (Lipinski definition) is 5. The van der Waals surface area contributed by atoms with Crippen molar-refractivity contribution in [2.75, 3.05) is 7.11 Å². The lowest BCUT2D eigenvalue weighted by atomic mass is 10.1. The lowest BCUT2D eigenvalue weighted by Gasteiger charge is -1.99. The molecule has 0 N–H and O–H groups in total. The molecule has 0 aliphatic carbocycles. The van der Waals surface area contributed by atoms with Crippen molar-refractivity contribution in [3.05, 3.63) is 64.1 Å². The Labute approximate surface area is 114 Å². The Balaban J connectivity index is 2.15.